The zero-order chi connectivity index (χ0) is 20.0. The number of halogens is 1. The molecule has 3 aromatic rings. The van der Waals surface area contributed by atoms with Crippen LogP contribution < -0.4 is 0 Å². The highest BCUT2D eigenvalue weighted by atomic mass is 35.5. The minimum atomic E-state index is -3.66. The lowest BCUT2D eigenvalue weighted by Gasteiger charge is -2.23. The Morgan fingerprint density at radius 3 is 2.44 bits per heavy atom. The average Bonchev–Trinajstić information content (AvgIpc) is 3.22. The largest absolute Gasteiger partial charge is 0.339 e. The molecule has 1 aromatic carbocycles. The first-order valence-corrected chi connectivity index (χ1v) is 10.2. The van der Waals surface area contributed by atoms with Crippen molar-refractivity contribution >= 4 is 27.0 Å². The Morgan fingerprint density at radius 1 is 1.26 bits per heavy atom. The van der Waals surface area contributed by atoms with E-state index in [0.717, 1.165) is 17.0 Å². The lowest BCUT2D eigenvalue weighted by molar-refractivity contribution is 0.551. The number of allylic oxidation sites excluding steroid dienone is 1. The van der Waals surface area contributed by atoms with E-state index < -0.39 is 14.6 Å². The fourth-order valence-electron chi connectivity index (χ4n) is 2.71. The van der Waals surface area contributed by atoms with Gasteiger partial charge in [-0.2, -0.15) is 5.10 Å². The number of hydrogen-bond donors (Lipinski definition) is 1. The van der Waals surface area contributed by atoms with E-state index in [1.807, 2.05) is 13.0 Å². The van der Waals surface area contributed by atoms with Gasteiger partial charge < -0.3 is 4.98 Å². The Balaban J connectivity index is 2.02. The molecule has 0 aliphatic carbocycles. The summed E-state index contributed by atoms with van der Waals surface area (Å²) in [5.41, 5.74) is 2.84. The standard InChI is InChI=1S/C19H21ClN4O2S/c1-12(2)15-10-16(24(5)23-15)18-21-11-17(22-18)19(3,4)27(25,26)14-8-6-13(20)7-9-14/h6-11H,1H2,2-5H3,(H,21,22). The first kappa shape index (κ1) is 19.4. The van der Waals surface area contributed by atoms with E-state index in [1.165, 1.54) is 12.1 Å². The summed E-state index contributed by atoms with van der Waals surface area (Å²) in [4.78, 5) is 7.73. The summed E-state index contributed by atoms with van der Waals surface area (Å²) < 4.78 is 26.8. The molecular weight excluding hydrogens is 384 g/mol. The molecule has 0 unspecified atom stereocenters. The van der Waals surface area contributed by atoms with E-state index in [9.17, 15) is 8.42 Å². The average molecular weight is 405 g/mol. The van der Waals surface area contributed by atoms with Crippen molar-refractivity contribution < 1.29 is 8.42 Å². The van der Waals surface area contributed by atoms with Crippen LogP contribution >= 0.6 is 11.6 Å². The van der Waals surface area contributed by atoms with Crippen molar-refractivity contribution in [2.45, 2.75) is 30.4 Å². The molecule has 0 radical (unpaired) electrons. The fraction of sp³-hybridized carbons (Fsp3) is 0.263. The zero-order valence-corrected chi connectivity index (χ0v) is 17.2. The number of aromatic amines is 1. The maximum Gasteiger partial charge on any atom is 0.189 e. The number of aromatic nitrogens is 4. The summed E-state index contributed by atoms with van der Waals surface area (Å²) in [6.45, 7) is 9.07. The predicted octanol–water partition coefficient (Wildman–Crippen LogP) is 4.21. The minimum absolute atomic E-state index is 0.207. The second kappa shape index (κ2) is 6.65. The molecule has 0 amide bonds. The monoisotopic (exact) mass is 404 g/mol. The molecule has 0 spiro atoms. The lowest BCUT2D eigenvalue weighted by atomic mass is 10.1. The van der Waals surface area contributed by atoms with Crippen LogP contribution in [0.4, 0.5) is 0 Å². The van der Waals surface area contributed by atoms with E-state index in [0.29, 0.717) is 16.5 Å². The van der Waals surface area contributed by atoms with Crippen molar-refractivity contribution in [2.75, 3.05) is 0 Å². The van der Waals surface area contributed by atoms with Gasteiger partial charge in [0.15, 0.2) is 15.7 Å². The molecule has 3 rings (SSSR count). The summed E-state index contributed by atoms with van der Waals surface area (Å²) in [5, 5.41) is 4.88. The zero-order valence-electron chi connectivity index (χ0n) is 15.6. The van der Waals surface area contributed by atoms with Gasteiger partial charge in [-0.1, -0.05) is 18.2 Å². The second-order valence-corrected chi connectivity index (χ2v) is 9.87. The maximum atomic E-state index is 13.2. The SMILES string of the molecule is C=C(C)c1cc(-c2ncc(C(C)(C)S(=O)(=O)c3ccc(Cl)cc3)[nH]2)n(C)n1. The van der Waals surface area contributed by atoms with Gasteiger partial charge in [-0.25, -0.2) is 13.4 Å². The van der Waals surface area contributed by atoms with Crippen LogP contribution in [0.1, 0.15) is 32.2 Å². The highest BCUT2D eigenvalue weighted by Crippen LogP contribution is 2.35. The van der Waals surface area contributed by atoms with Crippen LogP contribution in [0.25, 0.3) is 17.1 Å². The predicted molar refractivity (Wildman–Crippen MR) is 107 cm³/mol. The number of sulfone groups is 1. The van der Waals surface area contributed by atoms with Crippen molar-refractivity contribution in [1.29, 1.82) is 0 Å². The third-order valence-corrected chi connectivity index (χ3v) is 7.29. The number of benzene rings is 1. The highest BCUT2D eigenvalue weighted by molar-refractivity contribution is 7.92. The van der Waals surface area contributed by atoms with Crippen LogP contribution in [0.15, 0.2) is 48.0 Å². The fourth-order valence-corrected chi connectivity index (χ4v) is 4.31. The third-order valence-electron chi connectivity index (χ3n) is 4.58. The molecule has 0 aliphatic rings. The minimum Gasteiger partial charge on any atom is -0.339 e. The van der Waals surface area contributed by atoms with Gasteiger partial charge in [0, 0.05) is 12.1 Å². The summed E-state index contributed by atoms with van der Waals surface area (Å²) in [6, 6.07) is 8.02. The van der Waals surface area contributed by atoms with Crippen LogP contribution in [-0.4, -0.2) is 28.2 Å². The Kier molecular flexibility index (Phi) is 4.78. The number of nitrogens with one attached hydrogen (secondary N) is 1. The van der Waals surface area contributed by atoms with E-state index >= 15 is 0 Å². The van der Waals surface area contributed by atoms with E-state index in [1.54, 1.807) is 43.9 Å². The first-order valence-electron chi connectivity index (χ1n) is 8.30. The van der Waals surface area contributed by atoms with Gasteiger partial charge in [0.05, 0.1) is 22.5 Å². The molecule has 0 bridgehead atoms. The number of H-pyrrole nitrogens is 1. The number of aryl methyl sites for hydroxylation is 1. The number of hydrogen-bond acceptors (Lipinski definition) is 4. The third kappa shape index (κ3) is 3.33. The second-order valence-electron chi connectivity index (χ2n) is 6.93. The normalized spacial score (nSPS) is 12.3. The molecule has 8 heteroatoms. The van der Waals surface area contributed by atoms with Gasteiger partial charge >= 0.3 is 0 Å². The molecule has 2 aromatic heterocycles. The lowest BCUT2D eigenvalue weighted by Crippen LogP contribution is -2.29. The Labute approximate surface area is 163 Å². The van der Waals surface area contributed by atoms with Gasteiger partial charge in [0.25, 0.3) is 0 Å². The van der Waals surface area contributed by atoms with Crippen LogP contribution in [0.2, 0.25) is 5.02 Å². The van der Waals surface area contributed by atoms with Crippen molar-refractivity contribution in [1.82, 2.24) is 19.7 Å². The number of rotatable bonds is 5. The Hall–Kier alpha value is -2.38. The van der Waals surface area contributed by atoms with Crippen molar-refractivity contribution in [2.24, 2.45) is 7.05 Å². The Morgan fingerprint density at radius 2 is 1.89 bits per heavy atom. The molecule has 27 heavy (non-hydrogen) atoms. The van der Waals surface area contributed by atoms with Gasteiger partial charge in [-0.05, 0) is 56.7 Å². The summed E-state index contributed by atoms with van der Waals surface area (Å²) >= 11 is 5.88. The van der Waals surface area contributed by atoms with Crippen LogP contribution in [0.5, 0.6) is 0 Å². The molecule has 0 fully saturated rings. The van der Waals surface area contributed by atoms with E-state index in [4.69, 9.17) is 11.6 Å². The Bertz CT molecular complexity index is 1110. The quantitative estimate of drug-likeness (QED) is 0.690. The first-order chi connectivity index (χ1) is 12.5. The number of imidazole rings is 1. The molecule has 2 heterocycles. The molecule has 1 N–H and O–H groups in total. The van der Waals surface area contributed by atoms with Gasteiger partial charge in [-0.15, -0.1) is 0 Å². The molecule has 142 valence electrons. The summed E-state index contributed by atoms with van der Waals surface area (Å²) in [7, 11) is -1.86. The summed E-state index contributed by atoms with van der Waals surface area (Å²) in [5.74, 6) is 0.548. The molecule has 0 saturated heterocycles. The van der Waals surface area contributed by atoms with E-state index in [-0.39, 0.29) is 4.90 Å². The maximum absolute atomic E-state index is 13.2. The molecular formula is C19H21ClN4O2S. The van der Waals surface area contributed by atoms with Crippen LogP contribution in [0.3, 0.4) is 0 Å². The molecule has 0 atom stereocenters. The van der Waals surface area contributed by atoms with Crippen LogP contribution in [0, 0.1) is 0 Å². The van der Waals surface area contributed by atoms with Gasteiger partial charge in [0.2, 0.25) is 0 Å². The van der Waals surface area contributed by atoms with Crippen molar-refractivity contribution in [3.8, 4) is 11.5 Å². The highest BCUT2D eigenvalue weighted by Gasteiger charge is 2.39. The van der Waals surface area contributed by atoms with Gasteiger partial charge in [0.1, 0.15) is 10.4 Å². The smallest absolute Gasteiger partial charge is 0.189 e. The van der Waals surface area contributed by atoms with E-state index in [2.05, 4.69) is 21.6 Å². The molecule has 6 nitrogen and oxygen atoms in total. The topological polar surface area (TPSA) is 80.6 Å². The molecule has 0 aliphatic heterocycles. The summed E-state index contributed by atoms with van der Waals surface area (Å²) in [6.07, 6.45) is 1.55. The van der Waals surface area contributed by atoms with Gasteiger partial charge in [-0.3, -0.25) is 4.68 Å². The molecule has 0 saturated carbocycles. The van der Waals surface area contributed by atoms with Crippen LogP contribution in [-0.2, 0) is 21.6 Å². The van der Waals surface area contributed by atoms with Crippen molar-refractivity contribution in [3.05, 3.63) is 59.5 Å². The van der Waals surface area contributed by atoms with Crippen molar-refractivity contribution in [3.63, 3.8) is 0 Å². The number of nitrogens with zero attached hydrogens (tertiary/aromatic N) is 3.